The molecule has 2 rings (SSSR count). The lowest BCUT2D eigenvalue weighted by atomic mass is 9.97. The van der Waals surface area contributed by atoms with Gasteiger partial charge in [-0.2, -0.15) is 4.31 Å². The maximum Gasteiger partial charge on any atom is 0.243 e. The summed E-state index contributed by atoms with van der Waals surface area (Å²) in [6.07, 6.45) is 1.07. The van der Waals surface area contributed by atoms with Gasteiger partial charge in [-0.05, 0) is 51.7 Å². The summed E-state index contributed by atoms with van der Waals surface area (Å²) in [6, 6.07) is 3.75. The van der Waals surface area contributed by atoms with Crippen LogP contribution in [0.5, 0.6) is 0 Å². The lowest BCUT2D eigenvalue weighted by molar-refractivity contribution is -0.127. The van der Waals surface area contributed by atoms with Crippen molar-refractivity contribution in [2.24, 2.45) is 5.92 Å². The number of nitrogens with zero attached hydrogens (tertiary/aromatic N) is 1. The molecule has 0 spiro atoms. The number of hydrogen-bond acceptors (Lipinski definition) is 4. The summed E-state index contributed by atoms with van der Waals surface area (Å²) in [5.74, 6) is -0.171. The zero-order chi connectivity index (χ0) is 19.5. The minimum atomic E-state index is -3.54. The van der Waals surface area contributed by atoms with Gasteiger partial charge in [0, 0.05) is 32.2 Å². The van der Waals surface area contributed by atoms with Crippen LogP contribution in [0.2, 0.25) is 0 Å². The van der Waals surface area contributed by atoms with E-state index in [0.29, 0.717) is 37.4 Å². The van der Waals surface area contributed by atoms with Crippen molar-refractivity contribution in [1.82, 2.24) is 9.62 Å². The first-order chi connectivity index (χ1) is 12.2. The quantitative estimate of drug-likeness (QED) is 0.818. The van der Waals surface area contributed by atoms with Crippen LogP contribution < -0.4 is 5.32 Å². The molecule has 0 saturated carbocycles. The fourth-order valence-corrected chi connectivity index (χ4v) is 5.59. The average Bonchev–Trinajstić information content (AvgIpc) is 2.53. The van der Waals surface area contributed by atoms with Crippen LogP contribution in [-0.2, 0) is 19.6 Å². The molecule has 1 aromatic rings. The molecule has 1 N–H and O–H groups in total. The fourth-order valence-electron chi connectivity index (χ4n) is 3.71. The Balaban J connectivity index is 2.06. The lowest BCUT2D eigenvalue weighted by Crippen LogP contribution is -2.45. The monoisotopic (exact) mass is 382 g/mol. The fraction of sp³-hybridized carbons (Fsp3) is 0.632. The van der Waals surface area contributed by atoms with Crippen molar-refractivity contribution in [3.63, 3.8) is 0 Å². The molecule has 1 aromatic carbocycles. The van der Waals surface area contributed by atoms with E-state index in [9.17, 15) is 13.2 Å². The molecule has 7 heteroatoms. The van der Waals surface area contributed by atoms with Crippen molar-refractivity contribution in [2.75, 3.05) is 26.8 Å². The molecule has 26 heavy (non-hydrogen) atoms. The number of hydrogen-bond donors (Lipinski definition) is 1. The molecule has 1 fully saturated rings. The largest absolute Gasteiger partial charge is 0.383 e. The van der Waals surface area contributed by atoms with Crippen LogP contribution in [0.3, 0.4) is 0 Å². The lowest BCUT2D eigenvalue weighted by Gasteiger charge is -2.32. The molecule has 1 saturated heterocycles. The van der Waals surface area contributed by atoms with Crippen molar-refractivity contribution >= 4 is 15.9 Å². The van der Waals surface area contributed by atoms with E-state index in [2.05, 4.69) is 5.32 Å². The van der Waals surface area contributed by atoms with Crippen LogP contribution in [0.15, 0.2) is 17.0 Å². The Morgan fingerprint density at radius 2 is 1.77 bits per heavy atom. The van der Waals surface area contributed by atoms with Gasteiger partial charge in [0.15, 0.2) is 0 Å². The number of methoxy groups -OCH3 is 1. The van der Waals surface area contributed by atoms with Gasteiger partial charge in [-0.3, -0.25) is 4.79 Å². The first-order valence-corrected chi connectivity index (χ1v) is 10.5. The molecule has 1 aliphatic heterocycles. The Morgan fingerprint density at radius 1 is 1.23 bits per heavy atom. The molecular weight excluding hydrogens is 352 g/mol. The Labute approximate surface area is 157 Å². The summed E-state index contributed by atoms with van der Waals surface area (Å²) in [4.78, 5) is 12.7. The van der Waals surface area contributed by atoms with Crippen LogP contribution in [0, 0.1) is 26.7 Å². The zero-order valence-electron chi connectivity index (χ0n) is 16.3. The highest BCUT2D eigenvalue weighted by Crippen LogP contribution is 2.28. The van der Waals surface area contributed by atoms with Gasteiger partial charge in [-0.25, -0.2) is 8.42 Å². The second-order valence-corrected chi connectivity index (χ2v) is 9.15. The number of carbonyl (C=O) groups is 1. The van der Waals surface area contributed by atoms with Gasteiger partial charge in [-0.1, -0.05) is 17.7 Å². The predicted octanol–water partition coefficient (Wildman–Crippen LogP) is 2.16. The highest BCUT2D eigenvalue weighted by atomic mass is 32.2. The van der Waals surface area contributed by atoms with Crippen LogP contribution >= 0.6 is 0 Å². The standard InChI is InChI=1S/C19H30N2O4S/c1-13-10-14(2)18(15(3)11-13)26(23,24)21-8-6-17(7-9-21)19(22)20-16(4)12-25-5/h10-11,16-17H,6-9,12H2,1-5H3,(H,20,22). The van der Waals surface area contributed by atoms with Gasteiger partial charge < -0.3 is 10.1 Å². The Kier molecular flexibility index (Phi) is 6.82. The van der Waals surface area contributed by atoms with E-state index >= 15 is 0 Å². The van der Waals surface area contributed by atoms with Crippen LogP contribution in [0.25, 0.3) is 0 Å². The van der Waals surface area contributed by atoms with Gasteiger partial charge >= 0.3 is 0 Å². The normalized spacial score (nSPS) is 17.9. The molecular formula is C19H30N2O4S. The molecule has 0 aromatic heterocycles. The molecule has 0 aliphatic carbocycles. The molecule has 0 bridgehead atoms. The second-order valence-electron chi connectivity index (χ2n) is 7.27. The molecule has 6 nitrogen and oxygen atoms in total. The number of carbonyl (C=O) groups excluding carboxylic acids is 1. The summed E-state index contributed by atoms with van der Waals surface area (Å²) in [5.41, 5.74) is 2.60. The second kappa shape index (κ2) is 8.50. The van der Waals surface area contributed by atoms with E-state index in [1.165, 1.54) is 4.31 Å². The highest BCUT2D eigenvalue weighted by Gasteiger charge is 2.33. The molecule has 146 valence electrons. The number of nitrogens with one attached hydrogen (secondary N) is 1. The van der Waals surface area contributed by atoms with E-state index in [4.69, 9.17) is 4.74 Å². The van der Waals surface area contributed by atoms with Gasteiger partial charge in [0.05, 0.1) is 11.5 Å². The van der Waals surface area contributed by atoms with E-state index in [1.807, 2.05) is 39.8 Å². The minimum absolute atomic E-state index is 0.0192. The molecule has 1 heterocycles. The number of amides is 1. The van der Waals surface area contributed by atoms with Gasteiger partial charge in [0.2, 0.25) is 15.9 Å². The molecule has 1 aliphatic rings. The maximum absolute atomic E-state index is 13.1. The van der Waals surface area contributed by atoms with Crippen molar-refractivity contribution < 1.29 is 17.9 Å². The van der Waals surface area contributed by atoms with E-state index < -0.39 is 10.0 Å². The summed E-state index contributed by atoms with van der Waals surface area (Å²) >= 11 is 0. The first-order valence-electron chi connectivity index (χ1n) is 9.04. The highest BCUT2D eigenvalue weighted by molar-refractivity contribution is 7.89. The van der Waals surface area contributed by atoms with Gasteiger partial charge in [0.25, 0.3) is 0 Å². The summed E-state index contributed by atoms with van der Waals surface area (Å²) in [6.45, 7) is 8.73. The van der Waals surface area contributed by atoms with Gasteiger partial charge in [-0.15, -0.1) is 0 Å². The third-order valence-electron chi connectivity index (χ3n) is 4.83. The summed E-state index contributed by atoms with van der Waals surface area (Å²) < 4.78 is 32.7. The first kappa shape index (κ1) is 20.9. The number of benzene rings is 1. The number of ether oxygens (including phenoxy) is 1. The van der Waals surface area contributed by atoms with E-state index in [0.717, 1.165) is 16.7 Å². The molecule has 0 radical (unpaired) electrons. The summed E-state index contributed by atoms with van der Waals surface area (Å²) in [5, 5.41) is 2.93. The predicted molar refractivity (Wildman–Crippen MR) is 102 cm³/mol. The average molecular weight is 383 g/mol. The smallest absolute Gasteiger partial charge is 0.243 e. The Bertz CT molecular complexity index is 730. The van der Waals surface area contributed by atoms with Crippen LogP contribution in [0.1, 0.15) is 36.5 Å². The molecule has 1 unspecified atom stereocenters. The SMILES string of the molecule is COCC(C)NC(=O)C1CCN(S(=O)(=O)c2c(C)cc(C)cc2C)CC1. The van der Waals surface area contributed by atoms with E-state index in [-0.39, 0.29) is 17.9 Å². The van der Waals surface area contributed by atoms with Crippen molar-refractivity contribution in [1.29, 1.82) is 0 Å². The summed E-state index contributed by atoms with van der Waals surface area (Å²) in [7, 11) is -1.94. The number of sulfonamides is 1. The number of piperidine rings is 1. The molecule has 1 amide bonds. The van der Waals surface area contributed by atoms with E-state index in [1.54, 1.807) is 7.11 Å². The number of aryl methyl sites for hydroxylation is 3. The van der Waals surface area contributed by atoms with Crippen LogP contribution in [0.4, 0.5) is 0 Å². The third kappa shape index (κ3) is 4.64. The Hall–Kier alpha value is -1.44. The third-order valence-corrected chi connectivity index (χ3v) is 7.04. The van der Waals surface area contributed by atoms with Crippen molar-refractivity contribution in [3.8, 4) is 0 Å². The van der Waals surface area contributed by atoms with Crippen molar-refractivity contribution in [3.05, 3.63) is 28.8 Å². The number of rotatable bonds is 6. The maximum atomic E-state index is 13.1. The van der Waals surface area contributed by atoms with Crippen molar-refractivity contribution in [2.45, 2.75) is 51.5 Å². The Morgan fingerprint density at radius 3 is 2.27 bits per heavy atom. The zero-order valence-corrected chi connectivity index (χ0v) is 17.1. The topological polar surface area (TPSA) is 75.7 Å². The minimum Gasteiger partial charge on any atom is -0.383 e. The molecule has 1 atom stereocenters. The van der Waals surface area contributed by atoms with Crippen LogP contribution in [-0.4, -0.2) is 51.5 Å². The van der Waals surface area contributed by atoms with Gasteiger partial charge in [0.1, 0.15) is 0 Å².